The number of nitrogens with zero attached hydrogens (tertiary/aromatic N) is 1. The van der Waals surface area contributed by atoms with Gasteiger partial charge in [0.05, 0.1) is 4.90 Å². The van der Waals surface area contributed by atoms with Crippen LogP contribution < -0.4 is 5.32 Å². The Labute approximate surface area is 255 Å². The van der Waals surface area contributed by atoms with Crippen molar-refractivity contribution >= 4 is 37.6 Å². The Morgan fingerprint density at radius 1 is 0.907 bits per heavy atom. The van der Waals surface area contributed by atoms with E-state index in [0.717, 1.165) is 4.90 Å². The lowest BCUT2D eigenvalue weighted by molar-refractivity contribution is -0.164. The van der Waals surface area contributed by atoms with Gasteiger partial charge in [0.1, 0.15) is 17.0 Å². The van der Waals surface area contributed by atoms with Gasteiger partial charge in [-0.1, -0.05) is 85.4 Å². The van der Waals surface area contributed by atoms with Gasteiger partial charge >= 0.3 is 12.1 Å². The number of hydrogen-bond donors (Lipinski definition) is 1. The van der Waals surface area contributed by atoms with Gasteiger partial charge in [-0.15, -0.1) is 0 Å². The first kappa shape index (κ1) is 31.8. The van der Waals surface area contributed by atoms with Gasteiger partial charge in [0.2, 0.25) is 14.8 Å². The maximum absolute atomic E-state index is 13.9. The van der Waals surface area contributed by atoms with Gasteiger partial charge in [-0.3, -0.25) is 4.79 Å². The smallest absolute Gasteiger partial charge is 0.408 e. The highest BCUT2D eigenvalue weighted by Crippen LogP contribution is 2.40. The van der Waals surface area contributed by atoms with Gasteiger partial charge in [0.25, 0.3) is 0 Å². The predicted octanol–water partition coefficient (Wildman–Crippen LogP) is 5.45. The molecule has 3 aromatic carbocycles. The average Bonchev–Trinajstić information content (AvgIpc) is 2.97. The third-order valence-corrected chi connectivity index (χ3v) is 10.1. The van der Waals surface area contributed by atoms with Crippen molar-refractivity contribution in [1.82, 2.24) is 10.2 Å². The van der Waals surface area contributed by atoms with Crippen molar-refractivity contribution in [3.63, 3.8) is 0 Å². The highest BCUT2D eigenvalue weighted by atomic mass is 33.1. The van der Waals surface area contributed by atoms with E-state index < -0.39 is 56.0 Å². The molecule has 0 aliphatic carbocycles. The molecule has 11 heteroatoms. The highest BCUT2D eigenvalue weighted by Gasteiger charge is 2.56. The Bertz CT molecular complexity index is 1530. The van der Waals surface area contributed by atoms with Crippen molar-refractivity contribution in [3.8, 4) is 0 Å². The molecule has 0 aromatic heterocycles. The zero-order valence-electron chi connectivity index (χ0n) is 24.3. The molecule has 3 aromatic rings. The Hall–Kier alpha value is -4.09. The molecule has 3 atom stereocenters. The van der Waals surface area contributed by atoms with Crippen LogP contribution in [0.1, 0.15) is 44.9 Å². The molecule has 1 aliphatic rings. The van der Waals surface area contributed by atoms with E-state index in [-0.39, 0.29) is 10.5 Å². The number of nitrogens with one attached hydrogen (secondary N) is 1. The van der Waals surface area contributed by atoms with Crippen molar-refractivity contribution in [2.75, 3.05) is 0 Å². The lowest BCUT2D eigenvalue weighted by Crippen LogP contribution is -2.73. The molecule has 2 amide bonds. The van der Waals surface area contributed by atoms with Crippen LogP contribution in [-0.4, -0.2) is 54.3 Å². The summed E-state index contributed by atoms with van der Waals surface area (Å²) in [5, 5.41) is 1.29. The van der Waals surface area contributed by atoms with Crippen LogP contribution in [0.4, 0.5) is 4.79 Å². The number of rotatable bonds is 10. The van der Waals surface area contributed by atoms with Crippen LogP contribution in [0.15, 0.2) is 108 Å². The molecule has 0 spiro atoms. The maximum atomic E-state index is 13.9. The number of hydrogen-bond acceptors (Lipinski definition) is 8. The van der Waals surface area contributed by atoms with Gasteiger partial charge in [0, 0.05) is 10.8 Å². The maximum Gasteiger partial charge on any atom is 0.408 e. The lowest BCUT2D eigenvalue weighted by atomic mass is 9.98. The van der Waals surface area contributed by atoms with Crippen molar-refractivity contribution in [2.24, 2.45) is 0 Å². The van der Waals surface area contributed by atoms with Crippen LogP contribution in [0.5, 0.6) is 0 Å². The number of amides is 2. The summed E-state index contributed by atoms with van der Waals surface area (Å²) in [6.45, 7) is 10.5. The van der Waals surface area contributed by atoms with Crippen LogP contribution in [0.25, 0.3) is 0 Å². The summed E-state index contributed by atoms with van der Waals surface area (Å²) in [5.41, 5.74) is 0.819. The van der Waals surface area contributed by atoms with Crippen molar-refractivity contribution in [2.45, 2.75) is 61.8 Å². The minimum absolute atomic E-state index is 0.0120. The van der Waals surface area contributed by atoms with E-state index in [9.17, 15) is 22.8 Å². The van der Waals surface area contributed by atoms with Gasteiger partial charge in [-0.2, -0.15) is 0 Å². The summed E-state index contributed by atoms with van der Waals surface area (Å²) in [5.74, 6) is -1.47. The standard InChI is InChI=1S/C32H34N2O7S2/c1-21(2)26(30(36)40-27(22-15-9-6-10-16-22)23-17-11-7-12-18-23)34-28(35)25(33-31(37)41-32(3,4)5)29(34)42-43(38,39)24-19-13-8-14-20-24/h6-20,25-27,29H,1H2,2-5H3,(H,33,37). The van der Waals surface area contributed by atoms with Gasteiger partial charge in [-0.25, -0.2) is 18.0 Å². The predicted molar refractivity (Wildman–Crippen MR) is 164 cm³/mol. The molecule has 43 heavy (non-hydrogen) atoms. The Balaban J connectivity index is 1.67. The molecule has 0 radical (unpaired) electrons. The molecule has 4 rings (SSSR count). The summed E-state index contributed by atoms with van der Waals surface area (Å²) in [7, 11) is -3.57. The highest BCUT2D eigenvalue weighted by molar-refractivity contribution is 8.72. The monoisotopic (exact) mass is 622 g/mol. The summed E-state index contributed by atoms with van der Waals surface area (Å²) in [4.78, 5) is 41.2. The van der Waals surface area contributed by atoms with Gasteiger partial charge in [0.15, 0.2) is 12.1 Å². The Morgan fingerprint density at radius 3 is 1.86 bits per heavy atom. The summed E-state index contributed by atoms with van der Waals surface area (Å²) in [6, 6.07) is 23.3. The zero-order valence-corrected chi connectivity index (χ0v) is 25.9. The van der Waals surface area contributed by atoms with Crippen molar-refractivity contribution in [3.05, 3.63) is 114 Å². The first-order chi connectivity index (χ1) is 20.3. The molecule has 1 heterocycles. The third kappa shape index (κ3) is 7.66. The van der Waals surface area contributed by atoms with E-state index in [1.54, 1.807) is 45.9 Å². The number of carbonyl (C=O) groups excluding carboxylic acids is 3. The van der Waals surface area contributed by atoms with Crippen LogP contribution in [-0.2, 0) is 27.9 Å². The Morgan fingerprint density at radius 2 is 1.40 bits per heavy atom. The molecular weight excluding hydrogens is 588 g/mol. The average molecular weight is 623 g/mol. The number of β-lactam (4-membered cyclic amide) rings is 1. The fraction of sp³-hybridized carbons (Fsp3) is 0.281. The van der Waals surface area contributed by atoms with E-state index >= 15 is 0 Å². The molecular formula is C32H34N2O7S2. The number of ether oxygens (including phenoxy) is 2. The quantitative estimate of drug-likeness (QED) is 0.137. The SMILES string of the molecule is C=C(C)C(C(=O)OC(c1ccccc1)c1ccccc1)N1C(=O)C(NC(=O)OC(C)(C)C)C1SS(=O)(=O)c1ccccc1. The fourth-order valence-electron chi connectivity index (χ4n) is 4.52. The van der Waals surface area contributed by atoms with Crippen molar-refractivity contribution < 1.29 is 32.3 Å². The lowest BCUT2D eigenvalue weighted by Gasteiger charge is -2.49. The Kier molecular flexibility index (Phi) is 9.66. The second kappa shape index (κ2) is 13.0. The van der Waals surface area contributed by atoms with Crippen molar-refractivity contribution in [1.29, 1.82) is 0 Å². The number of carbonyl (C=O) groups is 3. The number of esters is 1. The molecule has 0 saturated carbocycles. The molecule has 1 saturated heterocycles. The molecule has 226 valence electrons. The first-order valence-corrected chi connectivity index (χ1v) is 16.4. The fourth-order valence-corrected chi connectivity index (χ4v) is 8.05. The van der Waals surface area contributed by atoms with Crippen LogP contribution in [0.3, 0.4) is 0 Å². The van der Waals surface area contributed by atoms with Crippen LogP contribution in [0, 0.1) is 0 Å². The second-order valence-electron chi connectivity index (χ2n) is 11.0. The number of alkyl carbamates (subject to hydrolysis) is 1. The molecule has 3 unspecified atom stereocenters. The second-order valence-corrected chi connectivity index (χ2v) is 15.0. The molecule has 1 fully saturated rings. The molecule has 1 aliphatic heterocycles. The summed E-state index contributed by atoms with van der Waals surface area (Å²) < 4.78 is 38.1. The van der Waals surface area contributed by atoms with Gasteiger partial charge in [-0.05, 0) is 56.5 Å². The number of benzene rings is 3. The minimum atomic E-state index is -4.03. The third-order valence-electron chi connectivity index (χ3n) is 6.42. The molecule has 1 N–H and O–H groups in total. The molecule has 9 nitrogen and oxygen atoms in total. The van der Waals surface area contributed by atoms with E-state index in [0.29, 0.717) is 21.9 Å². The van der Waals surface area contributed by atoms with E-state index in [2.05, 4.69) is 11.9 Å². The minimum Gasteiger partial charge on any atom is -0.451 e. The molecule has 0 bridgehead atoms. The van der Waals surface area contributed by atoms with Gasteiger partial charge < -0.3 is 19.7 Å². The largest absolute Gasteiger partial charge is 0.451 e. The summed E-state index contributed by atoms with van der Waals surface area (Å²) in [6.07, 6.45) is -1.70. The zero-order chi connectivity index (χ0) is 31.4. The summed E-state index contributed by atoms with van der Waals surface area (Å²) >= 11 is 0. The van der Waals surface area contributed by atoms with E-state index in [4.69, 9.17) is 9.47 Å². The van der Waals surface area contributed by atoms with Crippen LogP contribution in [0.2, 0.25) is 0 Å². The first-order valence-electron chi connectivity index (χ1n) is 13.5. The topological polar surface area (TPSA) is 119 Å². The normalized spacial score (nSPS) is 17.5. The van der Waals surface area contributed by atoms with Crippen LogP contribution >= 0.6 is 10.8 Å². The van der Waals surface area contributed by atoms with E-state index in [1.165, 1.54) is 12.1 Å². The van der Waals surface area contributed by atoms with E-state index in [1.807, 2.05) is 60.7 Å². The number of likely N-dealkylation sites (tertiary alicyclic amines) is 1.